The van der Waals surface area contributed by atoms with Crippen molar-refractivity contribution in [2.45, 2.75) is 26.3 Å². The van der Waals surface area contributed by atoms with E-state index in [0.29, 0.717) is 6.42 Å². The molecule has 0 bridgehead atoms. The molecular weight excluding hydrogens is 182 g/mol. The number of nitrogens with one attached hydrogen (secondary N) is 1. The van der Waals surface area contributed by atoms with E-state index in [2.05, 4.69) is 23.3 Å². The summed E-state index contributed by atoms with van der Waals surface area (Å²) >= 11 is 1.70. The van der Waals surface area contributed by atoms with Gasteiger partial charge in [-0.3, -0.25) is 0 Å². The number of rotatable bonds is 4. The van der Waals surface area contributed by atoms with Crippen LogP contribution in [0.3, 0.4) is 0 Å². The van der Waals surface area contributed by atoms with Crippen molar-refractivity contribution in [2.24, 2.45) is 0 Å². The molecule has 0 saturated heterocycles. The van der Waals surface area contributed by atoms with Crippen LogP contribution in [0.25, 0.3) is 0 Å². The lowest BCUT2D eigenvalue weighted by molar-refractivity contribution is 0.580. The van der Waals surface area contributed by atoms with E-state index in [9.17, 15) is 0 Å². The largest absolute Gasteiger partial charge is 0.307 e. The minimum atomic E-state index is 0.257. The third kappa shape index (κ3) is 3.13. The predicted octanol–water partition coefficient (Wildman–Crippen LogP) is 2.02. The minimum absolute atomic E-state index is 0.257. The highest BCUT2D eigenvalue weighted by Gasteiger charge is 2.07. The quantitative estimate of drug-likeness (QED) is 0.748. The second-order valence-electron chi connectivity index (χ2n) is 2.89. The molecule has 1 rings (SSSR count). The Labute approximate surface area is 82.4 Å². The van der Waals surface area contributed by atoms with Gasteiger partial charge in [-0.25, -0.2) is 4.98 Å². The zero-order valence-corrected chi connectivity index (χ0v) is 8.69. The highest BCUT2D eigenvalue weighted by atomic mass is 32.1. The van der Waals surface area contributed by atoms with E-state index in [-0.39, 0.29) is 6.04 Å². The van der Waals surface area contributed by atoms with Crippen LogP contribution < -0.4 is 5.32 Å². The molecule has 0 aliphatic rings. The summed E-state index contributed by atoms with van der Waals surface area (Å²) in [5.41, 5.74) is 0. The Hall–Kier alpha value is -0.920. The van der Waals surface area contributed by atoms with E-state index < -0.39 is 0 Å². The van der Waals surface area contributed by atoms with Crippen LogP contribution in [0.15, 0.2) is 6.20 Å². The molecule has 1 heterocycles. The first-order chi connectivity index (χ1) is 6.24. The summed E-state index contributed by atoms with van der Waals surface area (Å²) in [5, 5.41) is 12.7. The predicted molar refractivity (Wildman–Crippen MR) is 53.5 cm³/mol. The van der Waals surface area contributed by atoms with Gasteiger partial charge in [0.05, 0.1) is 12.1 Å². The van der Waals surface area contributed by atoms with Crippen LogP contribution in [-0.2, 0) is 0 Å². The fourth-order valence-electron chi connectivity index (χ4n) is 1.00. The lowest BCUT2D eigenvalue weighted by atomic mass is 10.3. The summed E-state index contributed by atoms with van der Waals surface area (Å²) in [6.45, 7) is 4.84. The molecule has 0 aliphatic carbocycles. The van der Waals surface area contributed by atoms with Crippen LogP contribution in [0.5, 0.6) is 0 Å². The standard InChI is InChI=1S/C9H13N3S/c1-7-6-12-9(13-7)8(2)11-5-3-4-10/h6,8,11H,3,5H2,1-2H3. The second-order valence-corrected chi connectivity index (χ2v) is 4.16. The Morgan fingerprint density at radius 1 is 1.77 bits per heavy atom. The van der Waals surface area contributed by atoms with Crippen molar-refractivity contribution >= 4 is 11.3 Å². The molecule has 0 radical (unpaired) electrons. The van der Waals surface area contributed by atoms with Gasteiger partial charge in [0.15, 0.2) is 0 Å². The molecule has 1 unspecified atom stereocenters. The van der Waals surface area contributed by atoms with Gasteiger partial charge in [0.2, 0.25) is 0 Å². The van der Waals surface area contributed by atoms with Crippen molar-refractivity contribution in [3.63, 3.8) is 0 Å². The van der Waals surface area contributed by atoms with Gasteiger partial charge in [-0.15, -0.1) is 11.3 Å². The third-order valence-corrected chi connectivity index (χ3v) is 2.79. The molecule has 1 atom stereocenters. The van der Waals surface area contributed by atoms with Crippen LogP contribution in [0.4, 0.5) is 0 Å². The zero-order chi connectivity index (χ0) is 9.68. The molecule has 0 aliphatic heterocycles. The highest BCUT2D eigenvalue weighted by molar-refractivity contribution is 7.11. The van der Waals surface area contributed by atoms with Crippen LogP contribution in [0, 0.1) is 18.3 Å². The molecule has 0 amide bonds. The first-order valence-corrected chi connectivity index (χ1v) is 5.08. The topological polar surface area (TPSA) is 48.7 Å². The van der Waals surface area contributed by atoms with Gasteiger partial charge in [0.25, 0.3) is 0 Å². The third-order valence-electron chi connectivity index (χ3n) is 1.70. The SMILES string of the molecule is Cc1cnc(C(C)NCCC#N)s1. The fourth-order valence-corrected chi connectivity index (χ4v) is 1.81. The average Bonchev–Trinajstić information content (AvgIpc) is 2.52. The number of nitrogens with zero attached hydrogens (tertiary/aromatic N) is 2. The number of hydrogen-bond acceptors (Lipinski definition) is 4. The van der Waals surface area contributed by atoms with Crippen molar-refractivity contribution in [1.29, 1.82) is 5.26 Å². The zero-order valence-electron chi connectivity index (χ0n) is 7.87. The fraction of sp³-hybridized carbons (Fsp3) is 0.556. The highest BCUT2D eigenvalue weighted by Crippen LogP contribution is 2.18. The van der Waals surface area contributed by atoms with E-state index >= 15 is 0 Å². The number of hydrogen-bond donors (Lipinski definition) is 1. The molecule has 0 spiro atoms. The monoisotopic (exact) mass is 195 g/mol. The van der Waals surface area contributed by atoms with Crippen LogP contribution in [0.2, 0.25) is 0 Å². The number of aromatic nitrogens is 1. The average molecular weight is 195 g/mol. The molecule has 3 nitrogen and oxygen atoms in total. The first kappa shape index (κ1) is 10.2. The van der Waals surface area contributed by atoms with Gasteiger partial charge >= 0.3 is 0 Å². The summed E-state index contributed by atoms with van der Waals surface area (Å²) in [6, 6.07) is 2.36. The van der Waals surface area contributed by atoms with E-state index in [1.807, 2.05) is 13.1 Å². The van der Waals surface area contributed by atoms with Gasteiger partial charge in [0, 0.05) is 24.0 Å². The van der Waals surface area contributed by atoms with E-state index in [4.69, 9.17) is 5.26 Å². The van der Waals surface area contributed by atoms with Crippen LogP contribution in [-0.4, -0.2) is 11.5 Å². The number of thiazole rings is 1. The lowest BCUT2D eigenvalue weighted by Gasteiger charge is -2.08. The smallest absolute Gasteiger partial charge is 0.109 e. The minimum Gasteiger partial charge on any atom is -0.307 e. The summed E-state index contributed by atoms with van der Waals surface area (Å²) in [4.78, 5) is 5.49. The molecule has 0 saturated carbocycles. The van der Waals surface area contributed by atoms with Crippen molar-refractivity contribution in [2.75, 3.05) is 6.54 Å². The molecule has 70 valence electrons. The molecule has 4 heteroatoms. The van der Waals surface area contributed by atoms with Gasteiger partial charge < -0.3 is 5.32 Å². The maximum Gasteiger partial charge on any atom is 0.109 e. The second kappa shape index (κ2) is 4.95. The Morgan fingerprint density at radius 2 is 2.54 bits per heavy atom. The summed E-state index contributed by atoms with van der Waals surface area (Å²) < 4.78 is 0. The first-order valence-electron chi connectivity index (χ1n) is 4.26. The Kier molecular flexibility index (Phi) is 3.87. The van der Waals surface area contributed by atoms with Crippen molar-refractivity contribution in [3.05, 3.63) is 16.1 Å². The van der Waals surface area contributed by atoms with Gasteiger partial charge in [-0.1, -0.05) is 0 Å². The normalized spacial score (nSPS) is 12.4. The Morgan fingerprint density at radius 3 is 3.08 bits per heavy atom. The van der Waals surface area contributed by atoms with Crippen molar-refractivity contribution in [1.82, 2.24) is 10.3 Å². The van der Waals surface area contributed by atoms with E-state index in [0.717, 1.165) is 11.6 Å². The molecule has 0 fully saturated rings. The Balaban J connectivity index is 2.40. The number of aryl methyl sites for hydroxylation is 1. The summed E-state index contributed by atoms with van der Waals surface area (Å²) in [6.07, 6.45) is 2.43. The molecule has 1 aromatic rings. The van der Waals surface area contributed by atoms with E-state index in [1.165, 1.54) is 4.88 Å². The van der Waals surface area contributed by atoms with Crippen molar-refractivity contribution < 1.29 is 0 Å². The van der Waals surface area contributed by atoms with Gasteiger partial charge in [0.1, 0.15) is 5.01 Å². The molecule has 13 heavy (non-hydrogen) atoms. The van der Waals surface area contributed by atoms with Gasteiger partial charge in [-0.2, -0.15) is 5.26 Å². The lowest BCUT2D eigenvalue weighted by Crippen LogP contribution is -2.19. The molecular formula is C9H13N3S. The molecule has 0 aromatic carbocycles. The van der Waals surface area contributed by atoms with Crippen LogP contribution >= 0.6 is 11.3 Å². The summed E-state index contributed by atoms with van der Waals surface area (Å²) in [5.74, 6) is 0. The van der Waals surface area contributed by atoms with Crippen molar-refractivity contribution in [3.8, 4) is 6.07 Å². The Bertz CT molecular complexity index is 300. The number of nitriles is 1. The van der Waals surface area contributed by atoms with Crippen LogP contribution in [0.1, 0.15) is 29.3 Å². The maximum atomic E-state index is 8.35. The molecule has 1 aromatic heterocycles. The van der Waals surface area contributed by atoms with E-state index in [1.54, 1.807) is 11.3 Å². The summed E-state index contributed by atoms with van der Waals surface area (Å²) in [7, 11) is 0. The van der Waals surface area contributed by atoms with Gasteiger partial charge in [-0.05, 0) is 13.8 Å². The maximum absolute atomic E-state index is 8.35. The molecule has 1 N–H and O–H groups in total.